The Bertz CT molecular complexity index is 470. The highest BCUT2D eigenvalue weighted by molar-refractivity contribution is 5.89. The summed E-state index contributed by atoms with van der Waals surface area (Å²) in [4.78, 5) is 11.6. The fourth-order valence-electron chi connectivity index (χ4n) is 1.63. The zero-order valence-electron chi connectivity index (χ0n) is 11.9. The molecule has 3 N–H and O–H groups in total. The number of aliphatic hydroxyl groups is 1. The molecule has 0 unspecified atom stereocenters. The maximum Gasteiger partial charge on any atom is 0.416 e. The molecule has 0 saturated carbocycles. The van der Waals surface area contributed by atoms with Gasteiger partial charge in [0, 0.05) is 18.8 Å². The summed E-state index contributed by atoms with van der Waals surface area (Å²) in [5.41, 5.74) is -0.746. The first-order valence-corrected chi connectivity index (χ1v) is 6.47. The van der Waals surface area contributed by atoms with E-state index < -0.39 is 17.8 Å². The van der Waals surface area contributed by atoms with Crippen molar-refractivity contribution in [2.45, 2.75) is 26.4 Å². The highest BCUT2D eigenvalue weighted by atomic mass is 19.4. The molecule has 2 amide bonds. The van der Waals surface area contributed by atoms with Gasteiger partial charge in [-0.15, -0.1) is 0 Å². The molecule has 0 aliphatic heterocycles. The maximum atomic E-state index is 12.4. The Morgan fingerprint density at radius 1 is 1.19 bits per heavy atom. The molecule has 0 radical (unpaired) electrons. The summed E-state index contributed by atoms with van der Waals surface area (Å²) < 4.78 is 37.2. The lowest BCUT2D eigenvalue weighted by atomic mass is 9.90. The predicted octanol–water partition coefficient (Wildman–Crippen LogP) is 3.24. The van der Waals surface area contributed by atoms with E-state index in [0.717, 1.165) is 12.1 Å². The Morgan fingerprint density at radius 2 is 1.76 bits per heavy atom. The first-order chi connectivity index (χ1) is 9.64. The molecule has 21 heavy (non-hydrogen) atoms. The molecule has 1 rings (SSSR count). The second-order valence-corrected chi connectivity index (χ2v) is 5.52. The number of hydrogen-bond acceptors (Lipinski definition) is 2. The third kappa shape index (κ3) is 6.03. The van der Waals surface area contributed by atoms with E-state index in [9.17, 15) is 18.0 Å². The largest absolute Gasteiger partial charge is 0.416 e. The van der Waals surface area contributed by atoms with Gasteiger partial charge in [-0.2, -0.15) is 13.2 Å². The van der Waals surface area contributed by atoms with Gasteiger partial charge in [0.2, 0.25) is 0 Å². The summed E-state index contributed by atoms with van der Waals surface area (Å²) >= 11 is 0. The van der Waals surface area contributed by atoms with Gasteiger partial charge in [-0.1, -0.05) is 13.8 Å². The molecule has 0 aromatic heterocycles. The fraction of sp³-hybridized carbons (Fsp3) is 0.500. The number of hydrogen-bond donors (Lipinski definition) is 3. The van der Waals surface area contributed by atoms with Gasteiger partial charge in [0.25, 0.3) is 0 Å². The number of aliphatic hydroxyl groups excluding tert-OH is 1. The van der Waals surface area contributed by atoms with Crippen LogP contribution in [0.2, 0.25) is 0 Å². The molecule has 0 spiro atoms. The monoisotopic (exact) mass is 304 g/mol. The topological polar surface area (TPSA) is 61.4 Å². The molecule has 0 bridgehead atoms. The van der Waals surface area contributed by atoms with Gasteiger partial charge in [-0.3, -0.25) is 0 Å². The van der Waals surface area contributed by atoms with Crippen molar-refractivity contribution in [2.75, 3.05) is 18.5 Å². The van der Waals surface area contributed by atoms with Gasteiger partial charge in [-0.05, 0) is 36.1 Å². The number of alkyl halides is 3. The van der Waals surface area contributed by atoms with E-state index in [1.165, 1.54) is 12.1 Å². The number of halogens is 3. The minimum atomic E-state index is -4.39. The number of carbonyl (C=O) groups excluding carboxylic acids is 1. The van der Waals surface area contributed by atoms with Crippen LogP contribution < -0.4 is 10.6 Å². The Balaban J connectivity index is 2.52. The van der Waals surface area contributed by atoms with E-state index in [4.69, 9.17) is 5.11 Å². The minimum Gasteiger partial charge on any atom is -0.396 e. The zero-order chi connectivity index (χ0) is 16.1. The van der Waals surface area contributed by atoms with Crippen LogP contribution in [0, 0.1) is 5.41 Å². The van der Waals surface area contributed by atoms with Gasteiger partial charge < -0.3 is 15.7 Å². The van der Waals surface area contributed by atoms with Crippen LogP contribution in [0.4, 0.5) is 23.7 Å². The fourth-order valence-corrected chi connectivity index (χ4v) is 1.63. The van der Waals surface area contributed by atoms with Crippen LogP contribution in [0.3, 0.4) is 0 Å². The lowest BCUT2D eigenvalue weighted by Gasteiger charge is -2.23. The van der Waals surface area contributed by atoms with Crippen molar-refractivity contribution in [3.8, 4) is 0 Å². The Morgan fingerprint density at radius 3 is 2.24 bits per heavy atom. The van der Waals surface area contributed by atoms with Crippen LogP contribution in [0.5, 0.6) is 0 Å². The van der Waals surface area contributed by atoms with Crippen molar-refractivity contribution in [2.24, 2.45) is 5.41 Å². The highest BCUT2D eigenvalue weighted by Crippen LogP contribution is 2.29. The quantitative estimate of drug-likeness (QED) is 0.782. The lowest BCUT2D eigenvalue weighted by Crippen LogP contribution is -2.37. The summed E-state index contributed by atoms with van der Waals surface area (Å²) in [6.07, 6.45) is -3.86. The van der Waals surface area contributed by atoms with Crippen molar-refractivity contribution >= 4 is 11.7 Å². The second kappa shape index (κ2) is 6.80. The molecule has 0 fully saturated rings. The van der Waals surface area contributed by atoms with E-state index in [2.05, 4.69) is 10.6 Å². The molecule has 4 nitrogen and oxygen atoms in total. The highest BCUT2D eigenvalue weighted by Gasteiger charge is 2.30. The third-order valence-corrected chi connectivity index (χ3v) is 2.99. The van der Waals surface area contributed by atoms with Crippen LogP contribution in [-0.4, -0.2) is 24.3 Å². The number of benzene rings is 1. The van der Waals surface area contributed by atoms with Gasteiger partial charge in [-0.25, -0.2) is 4.79 Å². The standard InChI is InChI=1S/C14H19F3N2O2/c1-13(2,7-8-20)9-18-12(21)19-11-5-3-10(4-6-11)14(15,16)17/h3-6,20H,7-9H2,1-2H3,(H2,18,19,21). The van der Waals surface area contributed by atoms with Gasteiger partial charge in [0.1, 0.15) is 0 Å². The molecule has 0 heterocycles. The van der Waals surface area contributed by atoms with Gasteiger partial charge in [0.15, 0.2) is 0 Å². The van der Waals surface area contributed by atoms with E-state index in [0.29, 0.717) is 13.0 Å². The summed E-state index contributed by atoms with van der Waals surface area (Å²) in [5.74, 6) is 0. The predicted molar refractivity (Wildman–Crippen MR) is 73.9 cm³/mol. The molecular weight excluding hydrogens is 285 g/mol. The van der Waals surface area contributed by atoms with Crippen molar-refractivity contribution in [1.29, 1.82) is 0 Å². The number of urea groups is 1. The number of nitrogens with one attached hydrogen (secondary N) is 2. The molecule has 0 aliphatic rings. The van der Waals surface area contributed by atoms with Crippen LogP contribution in [0.25, 0.3) is 0 Å². The van der Waals surface area contributed by atoms with E-state index >= 15 is 0 Å². The molecular formula is C14H19F3N2O2. The molecule has 0 saturated heterocycles. The third-order valence-electron chi connectivity index (χ3n) is 2.99. The average molecular weight is 304 g/mol. The van der Waals surface area contributed by atoms with Crippen LogP contribution >= 0.6 is 0 Å². The minimum absolute atomic E-state index is 0.0230. The SMILES string of the molecule is CC(C)(CCO)CNC(=O)Nc1ccc(C(F)(F)F)cc1. The summed E-state index contributed by atoms with van der Waals surface area (Å²) in [6, 6.07) is 3.71. The zero-order valence-corrected chi connectivity index (χ0v) is 11.9. The first kappa shape index (κ1) is 17.3. The smallest absolute Gasteiger partial charge is 0.396 e. The van der Waals surface area contributed by atoms with Crippen molar-refractivity contribution < 1.29 is 23.1 Å². The first-order valence-electron chi connectivity index (χ1n) is 6.47. The normalized spacial score (nSPS) is 12.1. The van der Waals surface area contributed by atoms with Crippen LogP contribution in [0.1, 0.15) is 25.8 Å². The lowest BCUT2D eigenvalue weighted by molar-refractivity contribution is -0.137. The summed E-state index contributed by atoms with van der Waals surface area (Å²) in [6.45, 7) is 4.15. The second-order valence-electron chi connectivity index (χ2n) is 5.52. The molecule has 118 valence electrons. The van der Waals surface area contributed by atoms with Gasteiger partial charge >= 0.3 is 12.2 Å². The maximum absolute atomic E-state index is 12.4. The number of anilines is 1. The molecule has 7 heteroatoms. The van der Waals surface area contributed by atoms with Crippen LogP contribution in [0.15, 0.2) is 24.3 Å². The Labute approximate surface area is 121 Å². The summed E-state index contributed by atoms with van der Waals surface area (Å²) in [7, 11) is 0. The number of carbonyl (C=O) groups is 1. The summed E-state index contributed by atoms with van der Waals surface area (Å²) in [5, 5.41) is 13.9. The Hall–Kier alpha value is -1.76. The molecule has 1 aromatic carbocycles. The van der Waals surface area contributed by atoms with E-state index in [1.807, 2.05) is 13.8 Å². The number of rotatable bonds is 5. The van der Waals surface area contributed by atoms with Crippen molar-refractivity contribution in [1.82, 2.24) is 5.32 Å². The van der Waals surface area contributed by atoms with Gasteiger partial charge in [0.05, 0.1) is 5.56 Å². The van der Waals surface area contributed by atoms with E-state index in [-0.39, 0.29) is 17.7 Å². The van der Waals surface area contributed by atoms with Crippen molar-refractivity contribution in [3.63, 3.8) is 0 Å². The molecule has 0 atom stereocenters. The molecule has 1 aromatic rings. The number of amides is 2. The Kier molecular flexibility index (Phi) is 5.60. The van der Waals surface area contributed by atoms with Crippen molar-refractivity contribution in [3.05, 3.63) is 29.8 Å². The van der Waals surface area contributed by atoms with E-state index in [1.54, 1.807) is 0 Å². The van der Waals surface area contributed by atoms with Crippen LogP contribution in [-0.2, 0) is 6.18 Å². The average Bonchev–Trinajstić information content (AvgIpc) is 2.36. The molecule has 0 aliphatic carbocycles.